The molecule has 0 atom stereocenters. The van der Waals surface area contributed by atoms with Crippen LogP contribution in [0.5, 0.6) is 0 Å². The van der Waals surface area contributed by atoms with Crippen LogP contribution in [0.1, 0.15) is 28.8 Å². The highest BCUT2D eigenvalue weighted by Crippen LogP contribution is 2.18. The molecule has 138 valence electrons. The van der Waals surface area contributed by atoms with E-state index in [1.165, 1.54) is 0 Å². The van der Waals surface area contributed by atoms with Crippen molar-refractivity contribution in [1.29, 1.82) is 0 Å². The Bertz CT molecular complexity index is 717. The van der Waals surface area contributed by atoms with E-state index in [2.05, 4.69) is 10.00 Å². The Labute approximate surface area is 154 Å². The molecule has 2 aromatic rings. The summed E-state index contributed by atoms with van der Waals surface area (Å²) < 4.78 is 7.33. The third-order valence-electron chi connectivity index (χ3n) is 5.39. The Kier molecular flexibility index (Phi) is 5.32. The van der Waals surface area contributed by atoms with Gasteiger partial charge in [0.25, 0.3) is 5.91 Å². The van der Waals surface area contributed by atoms with Crippen molar-refractivity contribution in [2.45, 2.75) is 25.4 Å². The van der Waals surface area contributed by atoms with E-state index < -0.39 is 0 Å². The van der Waals surface area contributed by atoms with Crippen LogP contribution in [0.3, 0.4) is 0 Å². The van der Waals surface area contributed by atoms with Gasteiger partial charge >= 0.3 is 0 Å². The number of rotatable bonds is 4. The molecule has 6 heteroatoms. The smallest absolute Gasteiger partial charge is 0.253 e. The van der Waals surface area contributed by atoms with Gasteiger partial charge in [-0.15, -0.1) is 0 Å². The Morgan fingerprint density at radius 2 is 1.92 bits per heavy atom. The summed E-state index contributed by atoms with van der Waals surface area (Å²) >= 11 is 0. The van der Waals surface area contributed by atoms with Gasteiger partial charge in [0, 0.05) is 63.4 Å². The van der Waals surface area contributed by atoms with Crippen LogP contribution in [0.4, 0.5) is 0 Å². The fourth-order valence-corrected chi connectivity index (χ4v) is 3.91. The van der Waals surface area contributed by atoms with Gasteiger partial charge in [-0.2, -0.15) is 5.10 Å². The Balaban J connectivity index is 1.36. The second kappa shape index (κ2) is 8.01. The maximum atomic E-state index is 12.9. The van der Waals surface area contributed by atoms with Crippen molar-refractivity contribution >= 4 is 5.91 Å². The van der Waals surface area contributed by atoms with Crippen LogP contribution < -0.4 is 0 Å². The number of hydrogen-bond donors (Lipinski definition) is 0. The molecule has 26 heavy (non-hydrogen) atoms. The van der Waals surface area contributed by atoms with Crippen LogP contribution in [0.15, 0.2) is 42.7 Å². The van der Waals surface area contributed by atoms with Crippen LogP contribution in [-0.4, -0.2) is 70.9 Å². The molecule has 3 heterocycles. The van der Waals surface area contributed by atoms with Gasteiger partial charge in [0.2, 0.25) is 0 Å². The molecule has 0 aliphatic carbocycles. The second-order valence-corrected chi connectivity index (χ2v) is 7.08. The van der Waals surface area contributed by atoms with E-state index in [4.69, 9.17) is 4.74 Å². The van der Waals surface area contributed by atoms with Crippen molar-refractivity contribution in [2.75, 3.05) is 39.4 Å². The number of aromatic nitrogens is 2. The molecule has 1 amide bonds. The van der Waals surface area contributed by atoms with E-state index in [1.54, 1.807) is 6.20 Å². The average molecular weight is 354 g/mol. The Morgan fingerprint density at radius 1 is 1.12 bits per heavy atom. The maximum absolute atomic E-state index is 12.9. The second-order valence-electron chi connectivity index (χ2n) is 7.08. The lowest BCUT2D eigenvalue weighted by Gasteiger charge is -2.40. The number of nitrogens with zero attached hydrogens (tertiary/aromatic N) is 4. The summed E-state index contributed by atoms with van der Waals surface area (Å²) in [5, 5.41) is 4.24. The summed E-state index contributed by atoms with van der Waals surface area (Å²) in [4.78, 5) is 17.4. The van der Waals surface area contributed by atoms with E-state index in [0.717, 1.165) is 63.4 Å². The van der Waals surface area contributed by atoms with Crippen LogP contribution in [0, 0.1) is 0 Å². The predicted octanol–water partition coefficient (Wildman–Crippen LogP) is 1.87. The van der Waals surface area contributed by atoms with Gasteiger partial charge in [0.05, 0.1) is 6.54 Å². The molecule has 0 saturated carbocycles. The summed E-state index contributed by atoms with van der Waals surface area (Å²) in [7, 11) is 0. The van der Waals surface area contributed by atoms with Crippen molar-refractivity contribution in [3.8, 4) is 0 Å². The lowest BCUT2D eigenvalue weighted by atomic mass is 10.1. The van der Waals surface area contributed by atoms with Gasteiger partial charge < -0.3 is 9.64 Å². The highest BCUT2D eigenvalue weighted by Gasteiger charge is 2.27. The molecule has 2 fully saturated rings. The van der Waals surface area contributed by atoms with Gasteiger partial charge in [0.15, 0.2) is 0 Å². The SMILES string of the molecule is O=C(c1cccc(Cn2cccn2)c1)N1CCN(C2CCOCC2)CC1. The van der Waals surface area contributed by atoms with E-state index in [9.17, 15) is 4.79 Å². The monoisotopic (exact) mass is 354 g/mol. The van der Waals surface area contributed by atoms with Gasteiger partial charge in [-0.3, -0.25) is 14.4 Å². The van der Waals surface area contributed by atoms with Crippen molar-refractivity contribution in [2.24, 2.45) is 0 Å². The quantitative estimate of drug-likeness (QED) is 0.841. The van der Waals surface area contributed by atoms with Gasteiger partial charge in [-0.05, 0) is 36.6 Å². The first kappa shape index (κ1) is 17.2. The molecule has 1 aromatic carbocycles. The minimum atomic E-state index is 0.138. The zero-order chi connectivity index (χ0) is 17.8. The molecule has 1 aromatic heterocycles. The standard InChI is InChI=1S/C20H26N4O2/c25-20(18-4-1-3-17(15-18)16-24-8-2-7-21-24)23-11-9-22(10-12-23)19-5-13-26-14-6-19/h1-4,7-8,15,19H,5-6,9-14,16H2. The highest BCUT2D eigenvalue weighted by atomic mass is 16.5. The van der Waals surface area contributed by atoms with Crippen molar-refractivity contribution in [1.82, 2.24) is 19.6 Å². The highest BCUT2D eigenvalue weighted by molar-refractivity contribution is 5.94. The fraction of sp³-hybridized carbons (Fsp3) is 0.500. The molecular weight excluding hydrogens is 328 g/mol. The molecule has 2 aliphatic rings. The van der Waals surface area contributed by atoms with Crippen LogP contribution in [-0.2, 0) is 11.3 Å². The number of piperazine rings is 1. The van der Waals surface area contributed by atoms with Gasteiger partial charge in [-0.25, -0.2) is 0 Å². The lowest BCUT2D eigenvalue weighted by Crippen LogP contribution is -2.53. The summed E-state index contributed by atoms with van der Waals surface area (Å²) in [6.07, 6.45) is 5.93. The number of amides is 1. The molecule has 0 spiro atoms. The molecule has 2 saturated heterocycles. The number of hydrogen-bond acceptors (Lipinski definition) is 4. The molecule has 6 nitrogen and oxygen atoms in total. The van der Waals surface area contributed by atoms with Crippen LogP contribution in [0.25, 0.3) is 0 Å². The van der Waals surface area contributed by atoms with Crippen molar-refractivity contribution in [3.63, 3.8) is 0 Å². The van der Waals surface area contributed by atoms with Crippen LogP contribution in [0.2, 0.25) is 0 Å². The molecule has 4 rings (SSSR count). The number of carbonyl (C=O) groups is 1. The maximum Gasteiger partial charge on any atom is 0.253 e. The first-order chi connectivity index (χ1) is 12.8. The Morgan fingerprint density at radius 3 is 2.65 bits per heavy atom. The lowest BCUT2D eigenvalue weighted by molar-refractivity contribution is 0.0137. The van der Waals surface area contributed by atoms with Crippen molar-refractivity contribution < 1.29 is 9.53 Å². The number of ether oxygens (including phenoxy) is 1. The zero-order valence-electron chi connectivity index (χ0n) is 15.1. The van der Waals surface area contributed by atoms with Crippen molar-refractivity contribution in [3.05, 3.63) is 53.9 Å². The molecule has 0 unspecified atom stereocenters. The predicted molar refractivity (Wildman–Crippen MR) is 99.1 cm³/mol. The summed E-state index contributed by atoms with van der Waals surface area (Å²) in [5.74, 6) is 0.138. The number of benzene rings is 1. The minimum absolute atomic E-state index is 0.138. The van der Waals surface area contributed by atoms with E-state index >= 15 is 0 Å². The first-order valence-electron chi connectivity index (χ1n) is 9.47. The molecule has 0 bridgehead atoms. The topological polar surface area (TPSA) is 50.6 Å². The average Bonchev–Trinajstić information content (AvgIpc) is 3.21. The molecular formula is C20H26N4O2. The normalized spacial score (nSPS) is 19.6. The summed E-state index contributed by atoms with van der Waals surface area (Å²) in [6, 6.07) is 10.5. The molecule has 2 aliphatic heterocycles. The zero-order valence-corrected chi connectivity index (χ0v) is 15.1. The number of carbonyl (C=O) groups excluding carboxylic acids is 1. The van der Waals surface area contributed by atoms with E-state index in [1.807, 2.05) is 46.1 Å². The Hall–Kier alpha value is -2.18. The molecule has 0 N–H and O–H groups in total. The summed E-state index contributed by atoms with van der Waals surface area (Å²) in [6.45, 7) is 5.96. The largest absolute Gasteiger partial charge is 0.381 e. The third kappa shape index (κ3) is 3.97. The minimum Gasteiger partial charge on any atom is -0.381 e. The summed E-state index contributed by atoms with van der Waals surface area (Å²) in [5.41, 5.74) is 1.87. The van der Waals surface area contributed by atoms with Gasteiger partial charge in [0.1, 0.15) is 0 Å². The third-order valence-corrected chi connectivity index (χ3v) is 5.39. The fourth-order valence-electron chi connectivity index (χ4n) is 3.91. The van der Waals surface area contributed by atoms with Crippen LogP contribution >= 0.6 is 0 Å². The first-order valence-corrected chi connectivity index (χ1v) is 9.47. The van der Waals surface area contributed by atoms with E-state index in [0.29, 0.717) is 12.6 Å². The van der Waals surface area contributed by atoms with E-state index in [-0.39, 0.29) is 5.91 Å². The molecule has 0 radical (unpaired) electrons. The van der Waals surface area contributed by atoms with Gasteiger partial charge in [-0.1, -0.05) is 12.1 Å².